The average Bonchev–Trinajstić information content (AvgIpc) is 4.29. The van der Waals surface area contributed by atoms with Gasteiger partial charge in [0, 0.05) is 63.3 Å². The molecule has 73 heavy (non-hydrogen) atoms. The lowest BCUT2D eigenvalue weighted by molar-refractivity contribution is 0.795. The Morgan fingerprint density at radius 3 is 1.18 bits per heavy atom. The van der Waals surface area contributed by atoms with E-state index < -0.39 is 5.41 Å². The fraction of sp³-hybridized carbons (Fsp3) is 0.0145. The van der Waals surface area contributed by atoms with Gasteiger partial charge in [-0.1, -0.05) is 182 Å². The summed E-state index contributed by atoms with van der Waals surface area (Å²) in [4.78, 5) is 0. The fourth-order valence-corrected chi connectivity index (χ4v) is 16.4. The summed E-state index contributed by atoms with van der Waals surface area (Å²) in [7, 11) is 0. The summed E-state index contributed by atoms with van der Waals surface area (Å²) in [6.45, 7) is 0. The molecule has 0 atom stereocenters. The maximum atomic E-state index is 2.63. The van der Waals surface area contributed by atoms with Gasteiger partial charge in [-0.2, -0.15) is 0 Å². The van der Waals surface area contributed by atoms with Crippen molar-refractivity contribution in [1.29, 1.82) is 0 Å². The third kappa shape index (κ3) is 4.75. The molecule has 0 amide bonds. The second-order valence-corrected chi connectivity index (χ2v) is 22.3. The van der Waals surface area contributed by atoms with E-state index in [4.69, 9.17) is 0 Å². The molecule has 12 aromatic carbocycles. The summed E-state index contributed by atoms with van der Waals surface area (Å²) < 4.78 is 10.5. The van der Waals surface area contributed by atoms with Crippen LogP contribution in [0.5, 0.6) is 0 Å². The first-order valence-corrected chi connectivity index (χ1v) is 26.9. The molecule has 0 radical (unpaired) electrons. The highest BCUT2D eigenvalue weighted by Gasteiger charge is 2.52. The molecule has 0 fully saturated rings. The van der Waals surface area contributed by atoms with Gasteiger partial charge < -0.3 is 9.13 Å². The van der Waals surface area contributed by atoms with Gasteiger partial charge in [0.25, 0.3) is 0 Å². The average molecular weight is 959 g/mol. The number of thiophene rings is 2. The van der Waals surface area contributed by atoms with Crippen LogP contribution in [0.3, 0.4) is 0 Å². The Balaban J connectivity index is 1.03. The number of benzene rings is 12. The van der Waals surface area contributed by atoms with Crippen LogP contribution in [0.2, 0.25) is 0 Å². The first kappa shape index (κ1) is 38.9. The third-order valence-electron chi connectivity index (χ3n) is 16.9. The van der Waals surface area contributed by atoms with Gasteiger partial charge in [-0.25, -0.2) is 0 Å². The van der Waals surface area contributed by atoms with Gasteiger partial charge in [-0.05, 0) is 104 Å². The Morgan fingerprint density at radius 1 is 0.274 bits per heavy atom. The molecule has 0 bridgehead atoms. The molecule has 2 aliphatic carbocycles. The van der Waals surface area contributed by atoms with Crippen LogP contribution in [0.4, 0.5) is 0 Å². The van der Waals surface area contributed by atoms with Crippen molar-refractivity contribution in [3.05, 3.63) is 253 Å². The van der Waals surface area contributed by atoms with Gasteiger partial charge in [0.15, 0.2) is 0 Å². The minimum absolute atomic E-state index is 0.597. The Bertz CT molecular complexity index is 4850. The van der Waals surface area contributed by atoms with Gasteiger partial charge in [-0.15, -0.1) is 22.7 Å². The van der Waals surface area contributed by atoms with E-state index in [0.717, 1.165) is 0 Å². The summed E-state index contributed by atoms with van der Waals surface area (Å²) in [6.07, 6.45) is 0. The smallest absolute Gasteiger partial charge is 0.0727 e. The monoisotopic (exact) mass is 958 g/mol. The zero-order valence-electron chi connectivity index (χ0n) is 39.2. The molecule has 0 aliphatic heterocycles. The number of hydrogen-bond donors (Lipinski definition) is 0. The van der Waals surface area contributed by atoms with E-state index in [0.29, 0.717) is 0 Å². The van der Waals surface area contributed by atoms with E-state index in [1.54, 1.807) is 0 Å². The van der Waals surface area contributed by atoms with Crippen molar-refractivity contribution in [2.75, 3.05) is 0 Å². The van der Waals surface area contributed by atoms with Crippen LogP contribution in [0.1, 0.15) is 22.3 Å². The van der Waals surface area contributed by atoms with Crippen LogP contribution < -0.4 is 0 Å². The zero-order valence-corrected chi connectivity index (χ0v) is 40.8. The predicted octanol–water partition coefficient (Wildman–Crippen LogP) is 19.3. The van der Waals surface area contributed by atoms with Crippen LogP contribution in [-0.4, -0.2) is 9.13 Å². The summed E-state index contributed by atoms with van der Waals surface area (Å²) in [6, 6.07) is 87.9. The predicted molar refractivity (Wildman–Crippen MR) is 312 cm³/mol. The molecule has 2 aliphatic rings. The van der Waals surface area contributed by atoms with E-state index in [-0.39, 0.29) is 0 Å². The van der Waals surface area contributed by atoms with E-state index >= 15 is 0 Å². The molecule has 0 saturated heterocycles. The molecule has 18 rings (SSSR count). The van der Waals surface area contributed by atoms with E-state index in [2.05, 4.69) is 240 Å². The summed E-state index contributed by atoms with van der Waals surface area (Å²) >= 11 is 3.81. The molecule has 0 unspecified atom stereocenters. The van der Waals surface area contributed by atoms with Gasteiger partial charge >= 0.3 is 0 Å². The number of rotatable bonds is 2. The molecule has 4 aromatic heterocycles. The SMILES string of the molecule is c1ccc2c(c1)-c1ccccc1C21c2cc3c(cc2-c2cc4c5ccc6ccccc6c5n(-c5cccc6c5sc5ccccc56)c4cc21)c1ccc2ccccc2c1n3-c1cccc2c1sc1ccccc12. The summed E-state index contributed by atoms with van der Waals surface area (Å²) in [5.41, 5.74) is 17.4. The number of hydrogen-bond acceptors (Lipinski definition) is 2. The molecule has 0 saturated carbocycles. The standard InChI is InChI=1S/C69H38N2S2/c1-3-17-41-39(15-1)31-33-47-53-35-51-52-36-54-48-34-32-40-16-2-4-18-42(40)66(48)71(60-28-14-24-50-46-22-8-12-30-64(46)73-68(50)60)62(54)38-58(52)69(55-25-9-5-19-43(55)44-20-6-10-26-56(44)69)57(51)37-61(53)70(65(41)47)59-27-13-23-49-45-21-7-11-29-63(45)72-67(49)59/h1-38H. The van der Waals surface area contributed by atoms with E-state index in [9.17, 15) is 0 Å². The molecular formula is C69H38N2S2. The quantitative estimate of drug-likeness (QED) is 0.163. The van der Waals surface area contributed by atoms with E-state index in [1.165, 1.54) is 161 Å². The molecule has 336 valence electrons. The Labute approximate surface area is 426 Å². The largest absolute Gasteiger partial charge is 0.307 e. The van der Waals surface area contributed by atoms with Gasteiger partial charge in [0.2, 0.25) is 0 Å². The van der Waals surface area contributed by atoms with Crippen molar-refractivity contribution >= 4 is 128 Å². The first-order chi connectivity index (χ1) is 36.2. The zero-order chi connectivity index (χ0) is 47.3. The lowest BCUT2D eigenvalue weighted by Gasteiger charge is -2.30. The topological polar surface area (TPSA) is 9.86 Å². The molecule has 2 nitrogen and oxygen atoms in total. The number of nitrogens with zero attached hydrogens (tertiary/aromatic N) is 2. The molecular weight excluding hydrogens is 921 g/mol. The number of aromatic nitrogens is 2. The molecule has 0 N–H and O–H groups in total. The highest BCUT2D eigenvalue weighted by molar-refractivity contribution is 7.26. The highest BCUT2D eigenvalue weighted by atomic mass is 32.1. The summed E-state index contributed by atoms with van der Waals surface area (Å²) in [5.74, 6) is 0. The molecule has 4 heterocycles. The van der Waals surface area contributed by atoms with Crippen LogP contribution in [0.25, 0.3) is 139 Å². The normalized spacial score (nSPS) is 13.6. The maximum Gasteiger partial charge on any atom is 0.0727 e. The maximum absolute atomic E-state index is 2.63. The lowest BCUT2D eigenvalue weighted by atomic mass is 9.70. The van der Waals surface area contributed by atoms with Crippen molar-refractivity contribution < 1.29 is 0 Å². The molecule has 1 spiro atoms. The lowest BCUT2D eigenvalue weighted by Crippen LogP contribution is -2.26. The minimum atomic E-state index is -0.597. The molecule has 16 aromatic rings. The second-order valence-electron chi connectivity index (χ2n) is 20.2. The third-order valence-corrected chi connectivity index (χ3v) is 19.3. The van der Waals surface area contributed by atoms with Gasteiger partial charge in [0.1, 0.15) is 0 Å². The van der Waals surface area contributed by atoms with Crippen molar-refractivity contribution in [1.82, 2.24) is 9.13 Å². The fourth-order valence-electron chi connectivity index (χ4n) is 14.0. The molecule has 4 heteroatoms. The number of fused-ring (bicyclic) bond motifs is 26. The van der Waals surface area contributed by atoms with Crippen LogP contribution in [-0.2, 0) is 5.41 Å². The first-order valence-electron chi connectivity index (χ1n) is 25.2. The van der Waals surface area contributed by atoms with Crippen molar-refractivity contribution in [2.45, 2.75) is 5.41 Å². The minimum Gasteiger partial charge on any atom is -0.307 e. The van der Waals surface area contributed by atoms with Crippen molar-refractivity contribution in [2.24, 2.45) is 0 Å². The van der Waals surface area contributed by atoms with Crippen LogP contribution in [0.15, 0.2) is 231 Å². The second kappa shape index (κ2) is 13.8. The van der Waals surface area contributed by atoms with Gasteiger partial charge in [-0.3, -0.25) is 0 Å². The Morgan fingerprint density at radius 2 is 0.685 bits per heavy atom. The van der Waals surface area contributed by atoms with Crippen molar-refractivity contribution in [3.8, 4) is 33.6 Å². The van der Waals surface area contributed by atoms with Gasteiger partial charge in [0.05, 0.1) is 48.3 Å². The summed E-state index contributed by atoms with van der Waals surface area (Å²) in [5, 5.41) is 15.3. The Kier molecular flexibility index (Phi) is 7.34. The Hall–Kier alpha value is -8.80. The van der Waals surface area contributed by atoms with Crippen molar-refractivity contribution in [3.63, 3.8) is 0 Å². The van der Waals surface area contributed by atoms with E-state index in [1.807, 2.05) is 22.7 Å². The highest BCUT2D eigenvalue weighted by Crippen LogP contribution is 2.64. The van der Waals surface area contributed by atoms with Crippen LogP contribution >= 0.6 is 22.7 Å². The van der Waals surface area contributed by atoms with Crippen LogP contribution in [0, 0.1) is 0 Å².